The Kier molecular flexibility index (Phi) is 7.97. The topological polar surface area (TPSA) is 138 Å². The number of fused-ring (bicyclic) bond motifs is 1. The summed E-state index contributed by atoms with van der Waals surface area (Å²) in [6.45, 7) is 4.65. The maximum Gasteiger partial charge on any atom is 0.336 e. The molecule has 0 saturated heterocycles. The van der Waals surface area contributed by atoms with Crippen LogP contribution >= 0.6 is 0 Å². The molecule has 0 aliphatic rings. The molecule has 0 fully saturated rings. The Morgan fingerprint density at radius 2 is 1.90 bits per heavy atom. The van der Waals surface area contributed by atoms with Crippen LogP contribution in [0.1, 0.15) is 32.8 Å². The second-order valence-electron chi connectivity index (χ2n) is 6.92. The van der Waals surface area contributed by atoms with E-state index in [1.54, 1.807) is 26.0 Å². The number of aryl methyl sites for hydroxylation is 1. The van der Waals surface area contributed by atoms with E-state index in [1.807, 2.05) is 6.92 Å². The number of hydrogen-bond acceptors (Lipinski definition) is 7. The van der Waals surface area contributed by atoms with Crippen LogP contribution in [0.5, 0.6) is 5.75 Å². The van der Waals surface area contributed by atoms with E-state index >= 15 is 0 Å². The summed E-state index contributed by atoms with van der Waals surface area (Å²) in [5.74, 6) is -2.56. The number of carboxylic acids is 1. The van der Waals surface area contributed by atoms with Gasteiger partial charge in [0, 0.05) is 17.5 Å². The molecule has 9 nitrogen and oxygen atoms in total. The minimum Gasteiger partial charge on any atom is -0.548 e. The standard InChI is InChI=1S/C21H26N2O7/c1-4-12(3)20(21(27)28)23-17(24)10-22-18(25)11-29-14-6-7-15-13(5-2)8-19(26)30-16(15)9-14/h6-9,12,20H,4-5,10-11H2,1-3H3,(H,22,25)(H,23,24)(H,27,28)/p-1/t12-,20-/m0/s1. The van der Waals surface area contributed by atoms with Crippen LogP contribution in [0.15, 0.2) is 33.5 Å². The summed E-state index contributed by atoms with van der Waals surface area (Å²) in [4.78, 5) is 46.6. The molecule has 162 valence electrons. The fourth-order valence-electron chi connectivity index (χ4n) is 2.86. The van der Waals surface area contributed by atoms with Gasteiger partial charge in [-0.25, -0.2) is 4.79 Å². The van der Waals surface area contributed by atoms with Gasteiger partial charge < -0.3 is 29.7 Å². The van der Waals surface area contributed by atoms with Gasteiger partial charge in [-0.1, -0.05) is 27.2 Å². The summed E-state index contributed by atoms with van der Waals surface area (Å²) in [6, 6.07) is 5.22. The van der Waals surface area contributed by atoms with Crippen molar-refractivity contribution in [3.8, 4) is 5.75 Å². The van der Waals surface area contributed by atoms with Crippen LogP contribution in [0.25, 0.3) is 11.0 Å². The molecule has 2 amide bonds. The maximum absolute atomic E-state index is 11.9. The minimum absolute atomic E-state index is 0.306. The quantitative estimate of drug-likeness (QED) is 0.524. The predicted molar refractivity (Wildman–Crippen MR) is 107 cm³/mol. The molecular weight excluding hydrogens is 392 g/mol. The SMILES string of the molecule is CCc1cc(=O)oc2cc(OCC(=O)NCC(=O)N[C@H](C(=O)[O-])[C@@H](C)CC)ccc12. The number of ether oxygens (including phenoxy) is 1. The summed E-state index contributed by atoms with van der Waals surface area (Å²) in [5, 5.41) is 16.6. The van der Waals surface area contributed by atoms with Gasteiger partial charge in [-0.05, 0) is 30.0 Å². The van der Waals surface area contributed by atoms with E-state index in [0.717, 1.165) is 10.9 Å². The van der Waals surface area contributed by atoms with Gasteiger partial charge in [-0.15, -0.1) is 0 Å². The number of amides is 2. The van der Waals surface area contributed by atoms with Gasteiger partial charge in [-0.2, -0.15) is 0 Å². The number of nitrogens with one attached hydrogen (secondary N) is 2. The van der Waals surface area contributed by atoms with Gasteiger partial charge in [0.25, 0.3) is 5.91 Å². The first-order valence-corrected chi connectivity index (χ1v) is 9.71. The monoisotopic (exact) mass is 417 g/mol. The van der Waals surface area contributed by atoms with E-state index < -0.39 is 36.0 Å². The lowest BCUT2D eigenvalue weighted by Gasteiger charge is -2.25. The van der Waals surface area contributed by atoms with Gasteiger partial charge >= 0.3 is 5.63 Å². The summed E-state index contributed by atoms with van der Waals surface area (Å²) in [5.41, 5.74) is 0.742. The van der Waals surface area contributed by atoms with Crippen molar-refractivity contribution in [3.63, 3.8) is 0 Å². The van der Waals surface area contributed by atoms with Crippen molar-refractivity contribution in [1.29, 1.82) is 0 Å². The van der Waals surface area contributed by atoms with Gasteiger partial charge in [0.1, 0.15) is 11.3 Å². The molecule has 0 spiro atoms. The summed E-state index contributed by atoms with van der Waals surface area (Å²) < 4.78 is 10.6. The Bertz CT molecular complexity index is 983. The molecule has 9 heteroatoms. The van der Waals surface area contributed by atoms with E-state index in [2.05, 4.69) is 10.6 Å². The van der Waals surface area contributed by atoms with E-state index in [-0.39, 0.29) is 12.5 Å². The van der Waals surface area contributed by atoms with Crippen molar-refractivity contribution in [2.45, 2.75) is 39.7 Å². The first-order chi connectivity index (χ1) is 14.2. The van der Waals surface area contributed by atoms with Crippen molar-refractivity contribution in [2.24, 2.45) is 5.92 Å². The third kappa shape index (κ3) is 6.07. The first kappa shape index (κ1) is 22.9. The van der Waals surface area contributed by atoms with Gasteiger partial charge in [0.2, 0.25) is 5.91 Å². The smallest absolute Gasteiger partial charge is 0.336 e. The van der Waals surface area contributed by atoms with Crippen molar-refractivity contribution in [2.75, 3.05) is 13.2 Å². The lowest BCUT2D eigenvalue weighted by Crippen LogP contribution is -2.53. The Labute approximate surface area is 173 Å². The fourth-order valence-corrected chi connectivity index (χ4v) is 2.86. The molecule has 0 bridgehead atoms. The molecule has 2 rings (SSSR count). The molecular formula is C21H25N2O7-. The average Bonchev–Trinajstić information content (AvgIpc) is 2.72. The fraction of sp³-hybridized carbons (Fsp3) is 0.429. The predicted octanol–water partition coefficient (Wildman–Crippen LogP) is 0.131. The lowest BCUT2D eigenvalue weighted by molar-refractivity contribution is -0.309. The molecule has 2 atom stereocenters. The number of hydrogen-bond donors (Lipinski definition) is 2. The van der Waals surface area contributed by atoms with Crippen molar-refractivity contribution in [3.05, 3.63) is 40.2 Å². The molecule has 30 heavy (non-hydrogen) atoms. The van der Waals surface area contributed by atoms with Crippen LogP contribution in [-0.2, 0) is 20.8 Å². The zero-order valence-corrected chi connectivity index (χ0v) is 17.2. The highest BCUT2D eigenvalue weighted by atomic mass is 16.5. The zero-order valence-electron chi connectivity index (χ0n) is 17.2. The zero-order chi connectivity index (χ0) is 22.3. The Morgan fingerprint density at radius 3 is 2.53 bits per heavy atom. The highest BCUT2D eigenvalue weighted by Gasteiger charge is 2.19. The molecule has 2 N–H and O–H groups in total. The van der Waals surface area contributed by atoms with Crippen LogP contribution < -0.4 is 26.1 Å². The second kappa shape index (κ2) is 10.4. The number of aliphatic carboxylic acids is 1. The summed E-state index contributed by atoms with van der Waals surface area (Å²) >= 11 is 0. The molecule has 1 aromatic carbocycles. The maximum atomic E-state index is 11.9. The third-order valence-corrected chi connectivity index (χ3v) is 4.78. The second-order valence-corrected chi connectivity index (χ2v) is 6.92. The highest BCUT2D eigenvalue weighted by molar-refractivity contribution is 5.88. The highest BCUT2D eigenvalue weighted by Crippen LogP contribution is 2.23. The lowest BCUT2D eigenvalue weighted by atomic mass is 9.99. The Hall–Kier alpha value is -3.36. The number of carboxylic acid groups (broad SMARTS) is 1. The van der Waals surface area contributed by atoms with Crippen molar-refractivity contribution >= 4 is 28.8 Å². The van der Waals surface area contributed by atoms with Crippen molar-refractivity contribution in [1.82, 2.24) is 10.6 Å². The van der Waals surface area contributed by atoms with Crippen LogP contribution in [0.2, 0.25) is 0 Å². The van der Waals surface area contributed by atoms with Gasteiger partial charge in [0.15, 0.2) is 6.61 Å². The van der Waals surface area contributed by atoms with Crippen LogP contribution in [0.4, 0.5) is 0 Å². The molecule has 0 aliphatic heterocycles. The first-order valence-electron chi connectivity index (χ1n) is 9.71. The molecule has 0 aliphatic carbocycles. The van der Waals surface area contributed by atoms with Crippen molar-refractivity contribution < 1.29 is 28.6 Å². The van der Waals surface area contributed by atoms with E-state index in [9.17, 15) is 24.3 Å². The number of carbonyl (C=O) groups excluding carboxylic acids is 3. The molecule has 1 heterocycles. The Balaban J connectivity index is 1.89. The molecule has 0 radical (unpaired) electrons. The average molecular weight is 417 g/mol. The van der Waals surface area contributed by atoms with Gasteiger partial charge in [-0.3, -0.25) is 9.59 Å². The van der Waals surface area contributed by atoms with Crippen LogP contribution in [0, 0.1) is 5.92 Å². The molecule has 2 aromatic rings. The summed E-state index contributed by atoms with van der Waals surface area (Å²) in [7, 11) is 0. The van der Waals surface area contributed by atoms with E-state index in [4.69, 9.17) is 9.15 Å². The number of carbonyl (C=O) groups is 3. The largest absolute Gasteiger partial charge is 0.548 e. The Morgan fingerprint density at radius 1 is 1.17 bits per heavy atom. The minimum atomic E-state index is -1.37. The summed E-state index contributed by atoms with van der Waals surface area (Å²) in [6.07, 6.45) is 1.22. The van der Waals surface area contributed by atoms with Crippen LogP contribution in [0.3, 0.4) is 0 Å². The molecule has 0 unspecified atom stereocenters. The van der Waals surface area contributed by atoms with E-state index in [1.165, 1.54) is 12.1 Å². The number of benzene rings is 1. The van der Waals surface area contributed by atoms with E-state index in [0.29, 0.717) is 24.2 Å². The molecule has 0 saturated carbocycles. The molecule has 1 aromatic heterocycles. The van der Waals surface area contributed by atoms with Crippen LogP contribution in [-0.4, -0.2) is 37.0 Å². The third-order valence-electron chi connectivity index (χ3n) is 4.78. The van der Waals surface area contributed by atoms with Gasteiger partial charge in [0.05, 0.1) is 18.6 Å². The normalized spacial score (nSPS) is 12.8. The number of rotatable bonds is 10.